The van der Waals surface area contributed by atoms with Crippen molar-refractivity contribution in [1.29, 1.82) is 0 Å². The first-order valence-electron chi connectivity index (χ1n) is 9.30. The molecular formula is C20H28N4O2. The van der Waals surface area contributed by atoms with E-state index in [9.17, 15) is 4.79 Å². The van der Waals surface area contributed by atoms with Gasteiger partial charge < -0.3 is 15.1 Å². The molecule has 2 N–H and O–H groups in total. The molecule has 1 fully saturated rings. The Morgan fingerprint density at radius 3 is 2.58 bits per heavy atom. The molecule has 1 saturated heterocycles. The molecule has 1 unspecified atom stereocenters. The molecular weight excluding hydrogens is 328 g/mol. The van der Waals surface area contributed by atoms with E-state index in [-0.39, 0.29) is 5.91 Å². The molecule has 0 saturated carbocycles. The van der Waals surface area contributed by atoms with E-state index < -0.39 is 5.54 Å². The number of hydrogen-bond donors (Lipinski definition) is 1. The third kappa shape index (κ3) is 4.31. The lowest BCUT2D eigenvalue weighted by molar-refractivity contribution is -0.138. The van der Waals surface area contributed by atoms with Crippen LogP contribution in [0.15, 0.2) is 40.9 Å². The molecule has 1 atom stereocenters. The van der Waals surface area contributed by atoms with Gasteiger partial charge in [0.15, 0.2) is 5.76 Å². The number of rotatable bonds is 6. The summed E-state index contributed by atoms with van der Waals surface area (Å²) in [5, 5.41) is 0. The number of nitrogens with two attached hydrogens (primary N) is 1. The molecule has 1 aromatic carbocycles. The maximum atomic E-state index is 12.6. The molecule has 1 aromatic heterocycles. The van der Waals surface area contributed by atoms with Crippen molar-refractivity contribution < 1.29 is 9.21 Å². The Hall–Kier alpha value is -2.18. The zero-order chi connectivity index (χ0) is 18.6. The third-order valence-electron chi connectivity index (χ3n) is 4.89. The molecule has 1 aliphatic rings. The number of hydrogen-bond acceptors (Lipinski definition) is 5. The maximum Gasteiger partial charge on any atom is 0.242 e. The first-order valence-corrected chi connectivity index (χ1v) is 9.30. The van der Waals surface area contributed by atoms with Gasteiger partial charge in [0.05, 0.1) is 18.3 Å². The Morgan fingerprint density at radius 1 is 1.23 bits per heavy atom. The number of nitrogens with zero attached hydrogens (tertiary/aromatic N) is 3. The van der Waals surface area contributed by atoms with Crippen molar-refractivity contribution >= 4 is 5.91 Å². The largest absolute Gasteiger partial charge is 0.439 e. The Kier molecular flexibility index (Phi) is 5.74. The van der Waals surface area contributed by atoms with Crippen LogP contribution in [0, 0.1) is 0 Å². The molecule has 0 spiro atoms. The van der Waals surface area contributed by atoms with Crippen molar-refractivity contribution in [2.24, 2.45) is 5.73 Å². The van der Waals surface area contributed by atoms with E-state index >= 15 is 0 Å². The van der Waals surface area contributed by atoms with Crippen LogP contribution in [-0.2, 0) is 11.3 Å². The summed E-state index contributed by atoms with van der Waals surface area (Å²) in [7, 11) is 0. The first-order chi connectivity index (χ1) is 12.5. The molecule has 6 nitrogen and oxygen atoms in total. The molecule has 0 radical (unpaired) electrons. The molecule has 6 heteroatoms. The van der Waals surface area contributed by atoms with Gasteiger partial charge in [-0.1, -0.05) is 43.7 Å². The van der Waals surface area contributed by atoms with Gasteiger partial charge >= 0.3 is 0 Å². The fraction of sp³-hybridized carbons (Fsp3) is 0.500. The quantitative estimate of drug-likeness (QED) is 0.861. The molecule has 26 heavy (non-hydrogen) atoms. The van der Waals surface area contributed by atoms with E-state index in [4.69, 9.17) is 10.2 Å². The van der Waals surface area contributed by atoms with Crippen molar-refractivity contribution in [2.45, 2.75) is 38.8 Å². The Labute approximate surface area is 155 Å². The van der Waals surface area contributed by atoms with Crippen LogP contribution in [0.3, 0.4) is 0 Å². The second-order valence-corrected chi connectivity index (χ2v) is 7.22. The molecule has 1 aliphatic heterocycles. The highest BCUT2D eigenvalue weighted by molar-refractivity contribution is 5.85. The second-order valence-electron chi connectivity index (χ2n) is 7.22. The molecule has 2 aromatic rings. The number of benzene rings is 1. The number of aromatic nitrogens is 1. The van der Waals surface area contributed by atoms with Gasteiger partial charge in [-0.05, 0) is 13.3 Å². The van der Waals surface area contributed by atoms with Crippen LogP contribution in [0.4, 0.5) is 0 Å². The minimum Gasteiger partial charge on any atom is -0.439 e. The maximum absolute atomic E-state index is 12.6. The second kappa shape index (κ2) is 8.01. The lowest BCUT2D eigenvalue weighted by atomic mass is 9.95. The highest BCUT2D eigenvalue weighted by Gasteiger charge is 2.33. The topological polar surface area (TPSA) is 75.6 Å². The molecule has 2 heterocycles. The van der Waals surface area contributed by atoms with E-state index in [1.54, 1.807) is 6.20 Å². The summed E-state index contributed by atoms with van der Waals surface area (Å²) in [6.07, 6.45) is 3.40. The van der Waals surface area contributed by atoms with Crippen molar-refractivity contribution in [3.05, 3.63) is 42.4 Å². The van der Waals surface area contributed by atoms with Gasteiger partial charge in [-0.15, -0.1) is 0 Å². The minimum absolute atomic E-state index is 0.0569. The standard InChI is InChI=1S/C20H28N4O2/c1-3-9-20(2,21)19(25)24-12-10-23(11-13-24)15-18-22-14-17(26-18)16-7-5-4-6-8-16/h4-8,14H,3,9-13,15,21H2,1-2H3. The summed E-state index contributed by atoms with van der Waals surface area (Å²) in [5.41, 5.74) is 6.46. The molecule has 140 valence electrons. The van der Waals surface area contributed by atoms with E-state index in [2.05, 4.69) is 16.8 Å². The van der Waals surface area contributed by atoms with Crippen LogP contribution < -0.4 is 5.73 Å². The zero-order valence-electron chi connectivity index (χ0n) is 15.6. The molecule has 0 aliphatic carbocycles. The summed E-state index contributed by atoms with van der Waals surface area (Å²) in [5.74, 6) is 1.55. The highest BCUT2D eigenvalue weighted by Crippen LogP contribution is 2.21. The lowest BCUT2D eigenvalue weighted by Gasteiger charge is -2.38. The van der Waals surface area contributed by atoms with Gasteiger partial charge in [0, 0.05) is 31.7 Å². The summed E-state index contributed by atoms with van der Waals surface area (Å²) in [6.45, 7) is 7.54. The zero-order valence-corrected chi connectivity index (χ0v) is 15.6. The normalized spacial score (nSPS) is 17.9. The summed E-state index contributed by atoms with van der Waals surface area (Å²) in [6, 6.07) is 9.97. The van der Waals surface area contributed by atoms with Crippen LogP contribution in [-0.4, -0.2) is 52.4 Å². The number of carbonyl (C=O) groups is 1. The fourth-order valence-corrected chi connectivity index (χ4v) is 3.41. The van der Waals surface area contributed by atoms with E-state index in [1.807, 2.05) is 42.2 Å². The van der Waals surface area contributed by atoms with Gasteiger partial charge in [0.25, 0.3) is 0 Å². The number of carbonyl (C=O) groups excluding carboxylic acids is 1. The van der Waals surface area contributed by atoms with Gasteiger partial charge in [0.1, 0.15) is 0 Å². The molecule has 3 rings (SSSR count). The van der Waals surface area contributed by atoms with Crippen LogP contribution >= 0.6 is 0 Å². The van der Waals surface area contributed by atoms with Gasteiger partial charge in [-0.3, -0.25) is 9.69 Å². The van der Waals surface area contributed by atoms with Crippen LogP contribution in [0.1, 0.15) is 32.6 Å². The van der Waals surface area contributed by atoms with E-state index in [0.29, 0.717) is 31.9 Å². The third-order valence-corrected chi connectivity index (χ3v) is 4.89. The van der Waals surface area contributed by atoms with Crippen molar-refractivity contribution in [2.75, 3.05) is 26.2 Å². The van der Waals surface area contributed by atoms with Crippen LogP contribution in [0.25, 0.3) is 11.3 Å². The number of oxazole rings is 1. The smallest absolute Gasteiger partial charge is 0.242 e. The first kappa shape index (κ1) is 18.6. The number of piperazine rings is 1. The van der Waals surface area contributed by atoms with Gasteiger partial charge in [0.2, 0.25) is 11.8 Å². The summed E-state index contributed by atoms with van der Waals surface area (Å²) < 4.78 is 5.88. The average Bonchev–Trinajstić information content (AvgIpc) is 3.11. The Balaban J connectivity index is 1.53. The molecule has 0 bridgehead atoms. The van der Waals surface area contributed by atoms with Crippen LogP contribution in [0.5, 0.6) is 0 Å². The van der Waals surface area contributed by atoms with E-state index in [1.165, 1.54) is 0 Å². The van der Waals surface area contributed by atoms with E-state index in [0.717, 1.165) is 30.8 Å². The molecule has 1 amide bonds. The van der Waals surface area contributed by atoms with Crippen LogP contribution in [0.2, 0.25) is 0 Å². The Morgan fingerprint density at radius 2 is 1.92 bits per heavy atom. The van der Waals surface area contributed by atoms with Crippen molar-refractivity contribution in [3.8, 4) is 11.3 Å². The predicted molar refractivity (Wildman–Crippen MR) is 101 cm³/mol. The van der Waals surface area contributed by atoms with Crippen molar-refractivity contribution in [1.82, 2.24) is 14.8 Å². The Bertz CT molecular complexity index is 718. The fourth-order valence-electron chi connectivity index (χ4n) is 3.41. The minimum atomic E-state index is -0.760. The summed E-state index contributed by atoms with van der Waals surface area (Å²) in [4.78, 5) is 21.1. The monoisotopic (exact) mass is 356 g/mol. The van der Waals surface area contributed by atoms with Crippen molar-refractivity contribution in [3.63, 3.8) is 0 Å². The number of amides is 1. The predicted octanol–water partition coefficient (Wildman–Crippen LogP) is 2.50. The average molecular weight is 356 g/mol. The summed E-state index contributed by atoms with van der Waals surface area (Å²) >= 11 is 0. The van der Waals surface area contributed by atoms with Gasteiger partial charge in [-0.2, -0.15) is 0 Å². The van der Waals surface area contributed by atoms with Gasteiger partial charge in [-0.25, -0.2) is 4.98 Å². The SMILES string of the molecule is CCCC(C)(N)C(=O)N1CCN(Cc2ncc(-c3ccccc3)o2)CC1. The highest BCUT2D eigenvalue weighted by atomic mass is 16.4. The lowest BCUT2D eigenvalue weighted by Crippen LogP contribution is -2.58.